The van der Waals surface area contributed by atoms with Crippen LogP contribution in [0.3, 0.4) is 0 Å². The lowest BCUT2D eigenvalue weighted by Gasteiger charge is -2.28. The van der Waals surface area contributed by atoms with Gasteiger partial charge in [0, 0.05) is 38.1 Å². The number of amides is 1. The number of nitrogens with zero attached hydrogens (tertiary/aromatic N) is 3. The molecule has 24 heavy (non-hydrogen) atoms. The van der Waals surface area contributed by atoms with Crippen LogP contribution in [-0.4, -0.2) is 37.6 Å². The molecule has 0 aliphatic rings. The van der Waals surface area contributed by atoms with Crippen LogP contribution >= 0.6 is 0 Å². The third-order valence-corrected chi connectivity index (χ3v) is 3.57. The van der Waals surface area contributed by atoms with E-state index >= 15 is 0 Å². The first kappa shape index (κ1) is 17.9. The lowest BCUT2D eigenvalue weighted by atomic mass is 10.1. The molecule has 1 N–H and O–H groups in total. The summed E-state index contributed by atoms with van der Waals surface area (Å²) in [5, 5.41) is 10.1. The van der Waals surface area contributed by atoms with Gasteiger partial charge in [0.2, 0.25) is 5.91 Å². The molecule has 5 heteroatoms. The number of imidazole rings is 1. The Kier molecular flexibility index (Phi) is 5.93. The molecule has 1 aromatic carbocycles. The molecule has 5 nitrogen and oxygen atoms in total. The van der Waals surface area contributed by atoms with E-state index < -0.39 is 5.60 Å². The van der Waals surface area contributed by atoms with E-state index in [0.717, 1.165) is 17.9 Å². The van der Waals surface area contributed by atoms with Crippen molar-refractivity contribution < 1.29 is 9.90 Å². The summed E-state index contributed by atoms with van der Waals surface area (Å²) in [6.45, 7) is 6.93. The summed E-state index contributed by atoms with van der Waals surface area (Å²) < 4.78 is 1.96. The Balaban J connectivity index is 2.14. The average molecular weight is 327 g/mol. The number of aromatic nitrogens is 2. The first-order chi connectivity index (χ1) is 11.4. The zero-order chi connectivity index (χ0) is 17.6. The van der Waals surface area contributed by atoms with Gasteiger partial charge in [0.05, 0.1) is 5.60 Å². The lowest BCUT2D eigenvalue weighted by Crippen LogP contribution is -2.41. The molecular weight excluding hydrogens is 302 g/mol. The molecule has 0 aliphatic carbocycles. The molecule has 0 radical (unpaired) electrons. The molecular formula is C19H25N3O2. The van der Waals surface area contributed by atoms with Crippen molar-refractivity contribution in [2.75, 3.05) is 6.54 Å². The van der Waals surface area contributed by atoms with E-state index in [1.54, 1.807) is 31.0 Å². The van der Waals surface area contributed by atoms with Crippen molar-refractivity contribution in [1.29, 1.82) is 0 Å². The SMILES string of the molecule is CCn1ccnc1/C=C/C(=O)N(Cc1ccccc1)CC(C)(C)O. The Morgan fingerprint density at radius 2 is 2.04 bits per heavy atom. The second-order valence-corrected chi connectivity index (χ2v) is 6.40. The molecule has 2 aromatic rings. The van der Waals surface area contributed by atoms with Crippen LogP contribution < -0.4 is 0 Å². The number of aliphatic hydroxyl groups is 1. The van der Waals surface area contributed by atoms with Crippen LogP contribution in [-0.2, 0) is 17.9 Å². The molecule has 0 saturated carbocycles. The van der Waals surface area contributed by atoms with Gasteiger partial charge in [0.1, 0.15) is 5.82 Å². The Hall–Kier alpha value is -2.40. The lowest BCUT2D eigenvalue weighted by molar-refractivity contribution is -0.129. The summed E-state index contributed by atoms with van der Waals surface area (Å²) in [5.41, 5.74) is 0.0683. The van der Waals surface area contributed by atoms with Crippen molar-refractivity contribution in [3.63, 3.8) is 0 Å². The van der Waals surface area contributed by atoms with Gasteiger partial charge in [0.15, 0.2) is 0 Å². The van der Waals surface area contributed by atoms with E-state index in [0.29, 0.717) is 6.54 Å². The summed E-state index contributed by atoms with van der Waals surface area (Å²) in [4.78, 5) is 18.5. The van der Waals surface area contributed by atoms with Gasteiger partial charge in [-0.05, 0) is 32.4 Å². The van der Waals surface area contributed by atoms with Crippen molar-refractivity contribution in [2.45, 2.75) is 39.5 Å². The van der Waals surface area contributed by atoms with Crippen molar-refractivity contribution in [1.82, 2.24) is 14.5 Å². The molecule has 1 heterocycles. The van der Waals surface area contributed by atoms with Crippen LogP contribution in [0.1, 0.15) is 32.2 Å². The highest BCUT2D eigenvalue weighted by Crippen LogP contribution is 2.12. The standard InChI is InChI=1S/C19H25N3O2/c1-4-21-13-12-20-17(21)10-11-18(23)22(15-19(2,3)24)14-16-8-6-5-7-9-16/h5-13,24H,4,14-15H2,1-3H3/b11-10+. The maximum atomic E-state index is 12.6. The molecule has 0 bridgehead atoms. The summed E-state index contributed by atoms with van der Waals surface area (Å²) in [7, 11) is 0. The maximum Gasteiger partial charge on any atom is 0.247 e. The Labute approximate surface area is 143 Å². The summed E-state index contributed by atoms with van der Waals surface area (Å²) in [6.07, 6.45) is 6.83. The van der Waals surface area contributed by atoms with Gasteiger partial charge >= 0.3 is 0 Å². The highest BCUT2D eigenvalue weighted by atomic mass is 16.3. The van der Waals surface area contributed by atoms with E-state index in [4.69, 9.17) is 0 Å². The second-order valence-electron chi connectivity index (χ2n) is 6.40. The zero-order valence-corrected chi connectivity index (χ0v) is 14.5. The van der Waals surface area contributed by atoms with E-state index in [-0.39, 0.29) is 12.5 Å². The highest BCUT2D eigenvalue weighted by molar-refractivity contribution is 5.91. The number of hydrogen-bond acceptors (Lipinski definition) is 3. The summed E-state index contributed by atoms with van der Waals surface area (Å²) >= 11 is 0. The molecule has 0 atom stereocenters. The first-order valence-electron chi connectivity index (χ1n) is 8.13. The second kappa shape index (κ2) is 7.93. The first-order valence-corrected chi connectivity index (χ1v) is 8.13. The third kappa shape index (κ3) is 5.35. The average Bonchev–Trinajstić information content (AvgIpc) is 2.99. The van der Waals surface area contributed by atoms with Crippen LogP contribution in [0.15, 0.2) is 48.8 Å². The van der Waals surface area contributed by atoms with Crippen molar-refractivity contribution in [3.05, 3.63) is 60.2 Å². The van der Waals surface area contributed by atoms with Gasteiger partial charge in [-0.3, -0.25) is 4.79 Å². The van der Waals surface area contributed by atoms with Gasteiger partial charge in [0.25, 0.3) is 0 Å². The Morgan fingerprint density at radius 1 is 1.33 bits per heavy atom. The smallest absolute Gasteiger partial charge is 0.247 e. The molecule has 0 unspecified atom stereocenters. The quantitative estimate of drug-likeness (QED) is 0.796. The van der Waals surface area contributed by atoms with Gasteiger partial charge in [-0.25, -0.2) is 4.98 Å². The molecule has 0 fully saturated rings. The van der Waals surface area contributed by atoms with Crippen LogP contribution in [0, 0.1) is 0 Å². The molecule has 2 rings (SSSR count). The predicted molar refractivity (Wildman–Crippen MR) is 95.1 cm³/mol. The summed E-state index contributed by atoms with van der Waals surface area (Å²) in [5.74, 6) is 0.598. The summed E-state index contributed by atoms with van der Waals surface area (Å²) in [6, 6.07) is 9.76. The fraction of sp³-hybridized carbons (Fsp3) is 0.368. The number of aryl methyl sites for hydroxylation is 1. The zero-order valence-electron chi connectivity index (χ0n) is 14.5. The van der Waals surface area contributed by atoms with Crippen LogP contribution in [0.4, 0.5) is 0 Å². The van der Waals surface area contributed by atoms with Crippen molar-refractivity contribution in [2.24, 2.45) is 0 Å². The van der Waals surface area contributed by atoms with E-state index in [2.05, 4.69) is 4.98 Å². The minimum Gasteiger partial charge on any atom is -0.389 e. The molecule has 1 aromatic heterocycles. The number of carbonyl (C=O) groups excluding carboxylic acids is 1. The minimum atomic E-state index is -0.958. The molecule has 1 amide bonds. The number of benzene rings is 1. The molecule has 0 saturated heterocycles. The number of carbonyl (C=O) groups is 1. The fourth-order valence-electron chi connectivity index (χ4n) is 2.48. The van der Waals surface area contributed by atoms with Gasteiger partial charge in [-0.1, -0.05) is 30.3 Å². The highest BCUT2D eigenvalue weighted by Gasteiger charge is 2.21. The molecule has 0 spiro atoms. The largest absolute Gasteiger partial charge is 0.389 e. The Bertz CT molecular complexity index is 684. The monoisotopic (exact) mass is 327 g/mol. The van der Waals surface area contributed by atoms with Gasteiger partial charge in [-0.2, -0.15) is 0 Å². The number of rotatable bonds is 7. The van der Waals surface area contributed by atoms with Crippen LogP contribution in [0.2, 0.25) is 0 Å². The topological polar surface area (TPSA) is 58.4 Å². The van der Waals surface area contributed by atoms with Crippen LogP contribution in [0.25, 0.3) is 6.08 Å². The fourth-order valence-corrected chi connectivity index (χ4v) is 2.48. The van der Waals surface area contributed by atoms with Gasteiger partial charge in [-0.15, -0.1) is 0 Å². The third-order valence-electron chi connectivity index (χ3n) is 3.57. The minimum absolute atomic E-state index is 0.147. The van der Waals surface area contributed by atoms with Gasteiger partial charge < -0.3 is 14.6 Å². The van der Waals surface area contributed by atoms with Crippen molar-refractivity contribution >= 4 is 12.0 Å². The van der Waals surface area contributed by atoms with E-state index in [1.165, 1.54) is 6.08 Å². The van der Waals surface area contributed by atoms with Crippen LogP contribution in [0.5, 0.6) is 0 Å². The van der Waals surface area contributed by atoms with E-state index in [1.807, 2.05) is 48.0 Å². The van der Waals surface area contributed by atoms with Crippen molar-refractivity contribution in [3.8, 4) is 0 Å². The molecule has 128 valence electrons. The maximum absolute atomic E-state index is 12.6. The van der Waals surface area contributed by atoms with E-state index in [9.17, 15) is 9.90 Å². The normalized spacial score (nSPS) is 11.8. The number of hydrogen-bond donors (Lipinski definition) is 1. The predicted octanol–water partition coefficient (Wildman–Crippen LogP) is 2.72. The Morgan fingerprint density at radius 3 is 2.67 bits per heavy atom. The molecule has 0 aliphatic heterocycles.